The van der Waals surface area contributed by atoms with Gasteiger partial charge in [-0.15, -0.1) is 0 Å². The van der Waals surface area contributed by atoms with Gasteiger partial charge >= 0.3 is 12.2 Å². The number of amides is 2. The van der Waals surface area contributed by atoms with Crippen molar-refractivity contribution in [3.05, 3.63) is 0 Å². The first-order chi connectivity index (χ1) is 10.3. The molecule has 0 fully saturated rings. The van der Waals surface area contributed by atoms with Gasteiger partial charge in [0.25, 0.3) is 0 Å². The highest BCUT2D eigenvalue weighted by Crippen LogP contribution is 2.08. The molecular formula is C15H30N2O6. The van der Waals surface area contributed by atoms with Gasteiger partial charge in [-0.05, 0) is 48.0 Å². The Kier molecular flexibility index (Phi) is 8.33. The van der Waals surface area contributed by atoms with Crippen LogP contribution in [0.5, 0.6) is 0 Å². The first kappa shape index (κ1) is 21.5. The molecule has 1 unspecified atom stereocenters. The Labute approximate surface area is 137 Å². The fourth-order valence-electron chi connectivity index (χ4n) is 1.56. The van der Waals surface area contributed by atoms with E-state index in [1.807, 2.05) is 0 Å². The van der Waals surface area contributed by atoms with Gasteiger partial charge in [-0.3, -0.25) is 0 Å². The van der Waals surface area contributed by atoms with Crippen LogP contribution in [0.2, 0.25) is 0 Å². The van der Waals surface area contributed by atoms with Crippen LogP contribution >= 0.6 is 0 Å². The normalized spacial score (nSPS) is 14.6. The summed E-state index contributed by atoms with van der Waals surface area (Å²) in [6, 6.07) is -0.884. The topological polar surface area (TPSA) is 117 Å². The van der Waals surface area contributed by atoms with Gasteiger partial charge < -0.3 is 30.3 Å². The average Bonchev–Trinajstić information content (AvgIpc) is 2.31. The van der Waals surface area contributed by atoms with Crippen LogP contribution in [0.25, 0.3) is 0 Å². The maximum absolute atomic E-state index is 11.6. The molecule has 4 N–H and O–H groups in total. The number of hydrogen-bond donors (Lipinski definition) is 4. The smallest absolute Gasteiger partial charge is 0.408 e. The van der Waals surface area contributed by atoms with E-state index in [0.717, 1.165) is 0 Å². The second kappa shape index (κ2) is 8.93. The van der Waals surface area contributed by atoms with Gasteiger partial charge in [0.1, 0.15) is 11.2 Å². The van der Waals surface area contributed by atoms with E-state index in [1.54, 1.807) is 41.5 Å². The molecule has 0 saturated heterocycles. The van der Waals surface area contributed by atoms with Gasteiger partial charge in [0, 0.05) is 6.54 Å². The van der Waals surface area contributed by atoms with Crippen LogP contribution < -0.4 is 10.6 Å². The average molecular weight is 334 g/mol. The van der Waals surface area contributed by atoms with Crippen molar-refractivity contribution in [2.75, 3.05) is 13.2 Å². The maximum Gasteiger partial charge on any atom is 0.408 e. The van der Waals surface area contributed by atoms with Crippen molar-refractivity contribution >= 4 is 12.2 Å². The van der Waals surface area contributed by atoms with Crippen LogP contribution in [0.15, 0.2) is 0 Å². The van der Waals surface area contributed by atoms with Crippen LogP contribution in [0.1, 0.15) is 48.0 Å². The SMILES string of the molecule is CC(C)(C)OC(=O)NCCC(O)[C@H](CO)NC(=O)OC(C)(C)C. The molecule has 8 nitrogen and oxygen atoms in total. The quantitative estimate of drug-likeness (QED) is 0.579. The number of hydrogen-bond acceptors (Lipinski definition) is 6. The van der Waals surface area contributed by atoms with E-state index in [1.165, 1.54) is 0 Å². The molecule has 136 valence electrons. The molecule has 0 aromatic heterocycles. The summed E-state index contributed by atoms with van der Waals surface area (Å²) in [7, 11) is 0. The van der Waals surface area contributed by atoms with E-state index in [9.17, 15) is 19.8 Å². The lowest BCUT2D eigenvalue weighted by Crippen LogP contribution is -2.48. The molecule has 0 aliphatic carbocycles. The lowest BCUT2D eigenvalue weighted by atomic mass is 10.1. The molecule has 23 heavy (non-hydrogen) atoms. The summed E-state index contributed by atoms with van der Waals surface area (Å²) in [5, 5.41) is 24.1. The third-order valence-corrected chi connectivity index (χ3v) is 2.47. The maximum atomic E-state index is 11.6. The van der Waals surface area contributed by atoms with Crippen LogP contribution in [-0.2, 0) is 9.47 Å². The van der Waals surface area contributed by atoms with Crippen molar-refractivity contribution < 1.29 is 29.3 Å². The zero-order chi connectivity index (χ0) is 18.3. The standard InChI is InChI=1S/C15H30N2O6/c1-14(2,3)22-12(20)16-8-7-11(19)10(9-18)17-13(21)23-15(4,5)6/h10-11,18-19H,7-9H2,1-6H3,(H,16,20)(H,17,21)/t10-,11?/m0/s1. The Balaban J connectivity index is 4.22. The van der Waals surface area contributed by atoms with Crippen molar-refractivity contribution in [3.8, 4) is 0 Å². The van der Waals surface area contributed by atoms with E-state index in [-0.39, 0.29) is 13.0 Å². The van der Waals surface area contributed by atoms with Gasteiger partial charge in [0.15, 0.2) is 0 Å². The molecule has 2 amide bonds. The summed E-state index contributed by atoms with van der Waals surface area (Å²) in [5.74, 6) is 0. The van der Waals surface area contributed by atoms with Crippen LogP contribution in [0.3, 0.4) is 0 Å². The predicted molar refractivity (Wildman–Crippen MR) is 85.1 cm³/mol. The Hall–Kier alpha value is -1.54. The minimum atomic E-state index is -1.04. The molecule has 0 radical (unpaired) electrons. The summed E-state index contributed by atoms with van der Waals surface area (Å²) in [6.07, 6.45) is -2.22. The minimum Gasteiger partial charge on any atom is -0.444 e. The van der Waals surface area contributed by atoms with E-state index in [2.05, 4.69) is 10.6 Å². The molecule has 0 aliphatic rings. The molecular weight excluding hydrogens is 304 g/mol. The van der Waals surface area contributed by atoms with E-state index < -0.39 is 42.1 Å². The Morgan fingerprint density at radius 3 is 1.91 bits per heavy atom. The number of aliphatic hydroxyl groups excluding tert-OH is 2. The van der Waals surface area contributed by atoms with E-state index >= 15 is 0 Å². The first-order valence-electron chi connectivity index (χ1n) is 7.59. The van der Waals surface area contributed by atoms with Crippen molar-refractivity contribution in [2.45, 2.75) is 71.3 Å². The minimum absolute atomic E-state index is 0.139. The summed E-state index contributed by atoms with van der Waals surface area (Å²) in [6.45, 7) is 10.1. The summed E-state index contributed by atoms with van der Waals surface area (Å²) >= 11 is 0. The molecule has 0 saturated carbocycles. The van der Waals surface area contributed by atoms with Crippen molar-refractivity contribution in [1.82, 2.24) is 10.6 Å². The number of alkyl carbamates (subject to hydrolysis) is 2. The third-order valence-electron chi connectivity index (χ3n) is 2.47. The lowest BCUT2D eigenvalue weighted by molar-refractivity contribution is 0.0324. The van der Waals surface area contributed by atoms with Gasteiger partial charge in [0.05, 0.1) is 18.8 Å². The van der Waals surface area contributed by atoms with Gasteiger partial charge in [0.2, 0.25) is 0 Å². The molecule has 0 bridgehead atoms. The molecule has 0 aliphatic heterocycles. The summed E-state index contributed by atoms with van der Waals surface area (Å²) in [4.78, 5) is 23.1. The number of rotatable bonds is 6. The summed E-state index contributed by atoms with van der Waals surface area (Å²) < 4.78 is 10.1. The number of nitrogens with one attached hydrogen (secondary N) is 2. The number of aliphatic hydroxyl groups is 2. The largest absolute Gasteiger partial charge is 0.444 e. The molecule has 0 rings (SSSR count). The number of carbonyl (C=O) groups excluding carboxylic acids is 2. The number of ether oxygens (including phenoxy) is 2. The molecule has 0 aromatic rings. The monoisotopic (exact) mass is 334 g/mol. The molecule has 0 heterocycles. The highest BCUT2D eigenvalue weighted by molar-refractivity contribution is 5.68. The van der Waals surface area contributed by atoms with Crippen LogP contribution in [0.4, 0.5) is 9.59 Å². The third kappa shape index (κ3) is 11.7. The molecule has 0 spiro atoms. The fourth-order valence-corrected chi connectivity index (χ4v) is 1.56. The zero-order valence-electron chi connectivity index (χ0n) is 14.8. The molecule has 2 atom stereocenters. The zero-order valence-corrected chi connectivity index (χ0v) is 14.8. The Bertz CT molecular complexity index is 386. The second-order valence-electron chi connectivity index (χ2n) is 7.22. The number of carbonyl (C=O) groups is 2. The van der Waals surface area contributed by atoms with E-state index in [4.69, 9.17) is 9.47 Å². The first-order valence-corrected chi connectivity index (χ1v) is 7.59. The van der Waals surface area contributed by atoms with Crippen molar-refractivity contribution in [1.29, 1.82) is 0 Å². The second-order valence-corrected chi connectivity index (χ2v) is 7.22. The Morgan fingerprint density at radius 1 is 1.00 bits per heavy atom. The van der Waals surface area contributed by atoms with Gasteiger partial charge in [-0.25, -0.2) is 9.59 Å². The Morgan fingerprint density at radius 2 is 1.48 bits per heavy atom. The highest BCUT2D eigenvalue weighted by atomic mass is 16.6. The van der Waals surface area contributed by atoms with Crippen molar-refractivity contribution in [3.63, 3.8) is 0 Å². The highest BCUT2D eigenvalue weighted by Gasteiger charge is 2.24. The van der Waals surface area contributed by atoms with E-state index in [0.29, 0.717) is 0 Å². The van der Waals surface area contributed by atoms with Crippen molar-refractivity contribution in [2.24, 2.45) is 0 Å². The fraction of sp³-hybridized carbons (Fsp3) is 0.867. The van der Waals surface area contributed by atoms with Crippen LogP contribution in [0, 0.1) is 0 Å². The molecule has 8 heteroatoms. The van der Waals surface area contributed by atoms with Gasteiger partial charge in [-0.1, -0.05) is 0 Å². The summed E-state index contributed by atoms with van der Waals surface area (Å²) in [5.41, 5.74) is -1.28. The molecule has 0 aromatic carbocycles. The predicted octanol–water partition coefficient (Wildman–Crippen LogP) is 1.15. The van der Waals surface area contributed by atoms with Gasteiger partial charge in [-0.2, -0.15) is 0 Å². The lowest BCUT2D eigenvalue weighted by Gasteiger charge is -2.25. The van der Waals surface area contributed by atoms with Crippen LogP contribution in [-0.4, -0.2) is 58.9 Å².